The zero-order valence-corrected chi connectivity index (χ0v) is 12.6. The largest absolute Gasteiger partial charge is 0.308 e. The molecule has 2 rings (SSSR count). The number of halogens is 1. The fraction of sp³-hybridized carbons (Fsp3) is 0.0833. The Balaban J connectivity index is 2.47. The maximum absolute atomic E-state index is 11.4. The molecule has 1 aromatic carbocycles. The molecule has 0 radical (unpaired) electrons. The van der Waals surface area contributed by atoms with Gasteiger partial charge in [0.25, 0.3) is 0 Å². The van der Waals surface area contributed by atoms with Crippen LogP contribution in [-0.4, -0.2) is 30.0 Å². The van der Waals surface area contributed by atoms with Crippen molar-refractivity contribution >= 4 is 33.3 Å². The summed E-state index contributed by atoms with van der Waals surface area (Å²) < 4.78 is 23.7. The molecule has 0 atom stereocenters. The van der Waals surface area contributed by atoms with Crippen LogP contribution in [0, 0.1) is 11.3 Å². The molecule has 1 amide bonds. The van der Waals surface area contributed by atoms with Crippen molar-refractivity contribution in [3.05, 3.63) is 36.0 Å². The Morgan fingerprint density at radius 3 is 2.55 bits per heavy atom. The van der Waals surface area contributed by atoms with Gasteiger partial charge in [-0.2, -0.15) is 10.4 Å². The summed E-state index contributed by atoms with van der Waals surface area (Å²) in [5.74, 6) is -0.627. The van der Waals surface area contributed by atoms with Crippen molar-refractivity contribution < 1.29 is 13.2 Å². The van der Waals surface area contributed by atoms with Crippen molar-refractivity contribution in [2.45, 2.75) is 4.90 Å². The lowest BCUT2D eigenvalue weighted by molar-refractivity contribution is -0.114. The summed E-state index contributed by atoms with van der Waals surface area (Å²) in [6.07, 6.45) is 1.28. The van der Waals surface area contributed by atoms with E-state index in [1.165, 1.54) is 35.1 Å². The smallest absolute Gasteiger partial charge is 0.240 e. The van der Waals surface area contributed by atoms with Gasteiger partial charge in [0.05, 0.1) is 16.8 Å². The number of primary sulfonamides is 1. The molecule has 0 bridgehead atoms. The minimum absolute atomic E-state index is 0.0599. The molecule has 1 aromatic heterocycles. The summed E-state index contributed by atoms with van der Waals surface area (Å²) in [5.41, 5.74) is 0.591. The normalized spacial score (nSPS) is 11.0. The maximum atomic E-state index is 11.4. The molecule has 2 aromatic rings. The van der Waals surface area contributed by atoms with E-state index in [4.69, 9.17) is 22.0 Å². The van der Waals surface area contributed by atoms with Crippen LogP contribution in [0.4, 0.5) is 5.82 Å². The number of carbonyl (C=O) groups excluding carboxylic acids is 1. The number of rotatable bonds is 4. The van der Waals surface area contributed by atoms with Gasteiger partial charge in [0.1, 0.15) is 17.5 Å². The van der Waals surface area contributed by atoms with E-state index < -0.39 is 15.9 Å². The van der Waals surface area contributed by atoms with Crippen LogP contribution in [0.1, 0.15) is 5.56 Å². The van der Waals surface area contributed by atoms with Gasteiger partial charge < -0.3 is 5.32 Å². The second-order valence-corrected chi connectivity index (χ2v) is 5.98. The number of nitriles is 1. The third kappa shape index (κ3) is 3.25. The predicted molar refractivity (Wildman–Crippen MR) is 79.0 cm³/mol. The average Bonchev–Trinajstić information content (AvgIpc) is 2.89. The molecule has 0 spiro atoms. The zero-order valence-electron chi connectivity index (χ0n) is 11.0. The predicted octanol–water partition coefficient (Wildman–Crippen LogP) is 0.569. The number of benzene rings is 1. The van der Waals surface area contributed by atoms with E-state index in [9.17, 15) is 13.2 Å². The molecule has 114 valence electrons. The van der Waals surface area contributed by atoms with Gasteiger partial charge in [0, 0.05) is 0 Å². The minimum atomic E-state index is -3.80. The third-order valence-corrected chi connectivity index (χ3v) is 3.85. The first kappa shape index (κ1) is 16.0. The summed E-state index contributed by atoms with van der Waals surface area (Å²) in [5, 5.41) is 20.5. The average molecular weight is 340 g/mol. The van der Waals surface area contributed by atoms with Gasteiger partial charge in [-0.25, -0.2) is 18.2 Å². The monoisotopic (exact) mass is 339 g/mol. The SMILES string of the molecule is N#Cc1cnn(-c2ccc(S(N)(=O)=O)cc2)c1NC(=O)CCl. The Bertz CT molecular complexity index is 852. The maximum Gasteiger partial charge on any atom is 0.240 e. The van der Waals surface area contributed by atoms with E-state index in [0.717, 1.165) is 0 Å². The van der Waals surface area contributed by atoms with Crippen LogP contribution in [0.3, 0.4) is 0 Å². The number of hydrogen-bond donors (Lipinski definition) is 2. The molecule has 0 aliphatic carbocycles. The summed E-state index contributed by atoms with van der Waals surface area (Å²) in [4.78, 5) is 11.4. The van der Waals surface area contributed by atoms with Crippen LogP contribution in [-0.2, 0) is 14.8 Å². The highest BCUT2D eigenvalue weighted by molar-refractivity contribution is 7.89. The third-order valence-electron chi connectivity index (χ3n) is 2.68. The fourth-order valence-corrected chi connectivity index (χ4v) is 2.27. The summed E-state index contributed by atoms with van der Waals surface area (Å²) in [6.45, 7) is 0. The van der Waals surface area contributed by atoms with Gasteiger partial charge >= 0.3 is 0 Å². The Hall–Kier alpha value is -2.41. The Labute approximate surface area is 131 Å². The first-order valence-corrected chi connectivity index (χ1v) is 7.92. The molecule has 0 aliphatic rings. The van der Waals surface area contributed by atoms with Crippen molar-refractivity contribution in [3.63, 3.8) is 0 Å². The molecule has 0 fully saturated rings. The lowest BCUT2D eigenvalue weighted by Crippen LogP contribution is -2.17. The van der Waals surface area contributed by atoms with E-state index in [-0.39, 0.29) is 22.2 Å². The number of carbonyl (C=O) groups is 1. The molecule has 22 heavy (non-hydrogen) atoms. The van der Waals surface area contributed by atoms with Crippen molar-refractivity contribution in [2.75, 3.05) is 11.2 Å². The highest BCUT2D eigenvalue weighted by Gasteiger charge is 2.15. The van der Waals surface area contributed by atoms with E-state index in [1.807, 2.05) is 6.07 Å². The molecular weight excluding hydrogens is 330 g/mol. The second kappa shape index (κ2) is 6.15. The standard InChI is InChI=1S/C12H10ClN5O3S/c13-5-11(19)17-12-8(6-14)7-16-18(12)9-1-3-10(4-2-9)22(15,20)21/h1-4,7H,5H2,(H,17,19)(H2,15,20,21). The first-order valence-electron chi connectivity index (χ1n) is 5.84. The van der Waals surface area contributed by atoms with Crippen LogP contribution >= 0.6 is 11.6 Å². The van der Waals surface area contributed by atoms with Crippen LogP contribution in [0.25, 0.3) is 5.69 Å². The summed E-state index contributed by atoms with van der Waals surface area (Å²) in [7, 11) is -3.80. The quantitative estimate of drug-likeness (QED) is 0.786. The lowest BCUT2D eigenvalue weighted by Gasteiger charge is -2.09. The number of nitrogens with zero attached hydrogens (tertiary/aromatic N) is 3. The van der Waals surface area contributed by atoms with Crippen molar-refractivity contribution in [1.82, 2.24) is 9.78 Å². The Morgan fingerprint density at radius 2 is 2.05 bits per heavy atom. The number of alkyl halides is 1. The number of hydrogen-bond acceptors (Lipinski definition) is 5. The highest BCUT2D eigenvalue weighted by atomic mass is 35.5. The van der Waals surface area contributed by atoms with Gasteiger partial charge in [-0.1, -0.05) is 0 Å². The summed E-state index contributed by atoms with van der Waals surface area (Å²) >= 11 is 5.43. The van der Waals surface area contributed by atoms with Crippen molar-refractivity contribution in [3.8, 4) is 11.8 Å². The Kier molecular flexibility index (Phi) is 4.46. The van der Waals surface area contributed by atoms with E-state index in [0.29, 0.717) is 5.69 Å². The number of sulfonamides is 1. The number of nitrogens with two attached hydrogens (primary N) is 1. The number of amides is 1. The molecule has 0 saturated carbocycles. The molecular formula is C12H10ClN5O3S. The fourth-order valence-electron chi connectivity index (χ4n) is 1.69. The number of anilines is 1. The second-order valence-electron chi connectivity index (χ2n) is 4.15. The van der Waals surface area contributed by atoms with Gasteiger partial charge in [-0.05, 0) is 24.3 Å². The van der Waals surface area contributed by atoms with Crippen molar-refractivity contribution in [2.24, 2.45) is 5.14 Å². The topological polar surface area (TPSA) is 131 Å². The van der Waals surface area contributed by atoms with Gasteiger partial charge in [-0.3, -0.25) is 4.79 Å². The molecule has 1 heterocycles. The van der Waals surface area contributed by atoms with E-state index >= 15 is 0 Å². The molecule has 0 saturated heterocycles. The van der Waals surface area contributed by atoms with Crippen LogP contribution in [0.15, 0.2) is 35.4 Å². The van der Waals surface area contributed by atoms with Crippen LogP contribution < -0.4 is 10.5 Å². The van der Waals surface area contributed by atoms with Crippen LogP contribution in [0.2, 0.25) is 0 Å². The van der Waals surface area contributed by atoms with Gasteiger partial charge in [0.15, 0.2) is 5.82 Å². The number of aromatic nitrogens is 2. The minimum Gasteiger partial charge on any atom is -0.308 e. The molecule has 0 unspecified atom stereocenters. The van der Waals surface area contributed by atoms with E-state index in [2.05, 4.69) is 10.4 Å². The van der Waals surface area contributed by atoms with Crippen LogP contribution in [0.5, 0.6) is 0 Å². The van der Waals surface area contributed by atoms with Gasteiger partial charge in [-0.15, -0.1) is 11.6 Å². The summed E-state index contributed by atoms with van der Waals surface area (Å²) in [6, 6.07) is 7.39. The molecule has 3 N–H and O–H groups in total. The molecule has 0 aliphatic heterocycles. The zero-order chi connectivity index (χ0) is 16.3. The van der Waals surface area contributed by atoms with Gasteiger partial charge in [0.2, 0.25) is 15.9 Å². The Morgan fingerprint density at radius 1 is 1.41 bits per heavy atom. The lowest BCUT2D eigenvalue weighted by atomic mass is 10.3. The highest BCUT2D eigenvalue weighted by Crippen LogP contribution is 2.20. The molecule has 8 nitrogen and oxygen atoms in total. The molecule has 10 heteroatoms. The first-order chi connectivity index (χ1) is 10.4. The van der Waals surface area contributed by atoms with Crippen molar-refractivity contribution in [1.29, 1.82) is 5.26 Å². The van der Waals surface area contributed by atoms with E-state index in [1.54, 1.807) is 0 Å². The number of nitrogens with one attached hydrogen (secondary N) is 1.